The predicted molar refractivity (Wildman–Crippen MR) is 130 cm³/mol. The fourth-order valence-corrected chi connectivity index (χ4v) is 3.81. The maximum absolute atomic E-state index is 12.5. The van der Waals surface area contributed by atoms with Crippen LogP contribution in [0.4, 0.5) is 4.79 Å². The number of ether oxygens (including phenoxy) is 3. The van der Waals surface area contributed by atoms with Gasteiger partial charge in [-0.15, -0.1) is 0 Å². The fraction of sp³-hybridized carbons (Fsp3) is 0.500. The molecule has 7 nitrogen and oxygen atoms in total. The Bertz CT molecular complexity index is 878. The van der Waals surface area contributed by atoms with Gasteiger partial charge in [-0.2, -0.15) is 0 Å². The first-order valence-electron chi connectivity index (χ1n) is 11.5. The van der Waals surface area contributed by atoms with Gasteiger partial charge in [0.25, 0.3) is 0 Å². The van der Waals surface area contributed by atoms with E-state index in [0.717, 1.165) is 42.4 Å². The van der Waals surface area contributed by atoms with Gasteiger partial charge in [0.1, 0.15) is 23.9 Å². The Morgan fingerprint density at radius 2 is 1.52 bits per heavy atom. The summed E-state index contributed by atoms with van der Waals surface area (Å²) in [6.07, 6.45) is 0. The summed E-state index contributed by atoms with van der Waals surface area (Å²) in [4.78, 5) is 16.7. The molecular weight excluding hydrogens is 418 g/mol. The van der Waals surface area contributed by atoms with Gasteiger partial charge >= 0.3 is 6.03 Å². The highest BCUT2D eigenvalue weighted by molar-refractivity contribution is 5.74. The summed E-state index contributed by atoms with van der Waals surface area (Å²) in [6.45, 7) is 11.3. The van der Waals surface area contributed by atoms with Crippen molar-refractivity contribution in [2.24, 2.45) is 0 Å². The lowest BCUT2D eigenvalue weighted by Crippen LogP contribution is -2.51. The summed E-state index contributed by atoms with van der Waals surface area (Å²) in [6, 6.07) is 14.0. The van der Waals surface area contributed by atoms with Gasteiger partial charge in [-0.25, -0.2) is 4.79 Å². The molecule has 0 unspecified atom stereocenters. The summed E-state index contributed by atoms with van der Waals surface area (Å²) < 4.78 is 16.5. The van der Waals surface area contributed by atoms with Crippen LogP contribution in [0.1, 0.15) is 31.9 Å². The molecule has 2 aromatic carbocycles. The molecule has 1 aliphatic rings. The average molecular weight is 456 g/mol. The van der Waals surface area contributed by atoms with Crippen LogP contribution >= 0.6 is 0 Å². The Balaban J connectivity index is 1.37. The molecule has 1 aliphatic heterocycles. The summed E-state index contributed by atoms with van der Waals surface area (Å²) in [5.41, 5.74) is 2.53. The number of nitrogens with one attached hydrogen (secondary N) is 1. The van der Waals surface area contributed by atoms with Crippen LogP contribution in [0.3, 0.4) is 0 Å². The molecule has 1 saturated heterocycles. The topological polar surface area (TPSA) is 63.3 Å². The van der Waals surface area contributed by atoms with E-state index < -0.39 is 0 Å². The quantitative estimate of drug-likeness (QED) is 0.612. The Labute approximate surface area is 197 Å². The van der Waals surface area contributed by atoms with E-state index in [0.29, 0.717) is 26.2 Å². The molecule has 3 rings (SSSR count). The zero-order valence-corrected chi connectivity index (χ0v) is 20.5. The standard InChI is InChI=1S/C26H37N3O4/c1-26(2,3)21-6-8-22(9-7-21)33-15-10-27-25(30)29-13-11-28(12-14-29)19-20-16-23(31-4)18-24(17-20)32-5/h6-9,16-18H,10-15,19H2,1-5H3,(H,27,30). The molecule has 33 heavy (non-hydrogen) atoms. The van der Waals surface area contributed by atoms with E-state index >= 15 is 0 Å². The number of urea groups is 1. The zero-order chi connectivity index (χ0) is 23.8. The van der Waals surface area contributed by atoms with Gasteiger partial charge in [-0.3, -0.25) is 4.90 Å². The largest absolute Gasteiger partial charge is 0.497 e. The van der Waals surface area contributed by atoms with Gasteiger partial charge in [0, 0.05) is 38.8 Å². The van der Waals surface area contributed by atoms with E-state index in [-0.39, 0.29) is 11.4 Å². The average Bonchev–Trinajstić information content (AvgIpc) is 2.81. The highest BCUT2D eigenvalue weighted by atomic mass is 16.5. The van der Waals surface area contributed by atoms with E-state index in [1.54, 1.807) is 14.2 Å². The second-order valence-corrected chi connectivity index (χ2v) is 9.34. The Morgan fingerprint density at radius 1 is 0.909 bits per heavy atom. The molecule has 0 aromatic heterocycles. The predicted octanol–water partition coefficient (Wildman–Crippen LogP) is 3.91. The van der Waals surface area contributed by atoms with Crippen LogP contribution in [0.2, 0.25) is 0 Å². The zero-order valence-electron chi connectivity index (χ0n) is 20.5. The van der Waals surface area contributed by atoms with Crippen LogP contribution in [-0.2, 0) is 12.0 Å². The number of hydrogen-bond donors (Lipinski definition) is 1. The second kappa shape index (κ2) is 11.3. The van der Waals surface area contributed by atoms with Gasteiger partial charge in [0.15, 0.2) is 0 Å². The number of carbonyl (C=O) groups is 1. The minimum atomic E-state index is -0.0376. The molecular formula is C26H37N3O4. The van der Waals surface area contributed by atoms with Crippen molar-refractivity contribution in [2.75, 3.05) is 53.6 Å². The third-order valence-electron chi connectivity index (χ3n) is 5.84. The summed E-state index contributed by atoms with van der Waals surface area (Å²) in [5.74, 6) is 2.39. The maximum Gasteiger partial charge on any atom is 0.317 e. The number of methoxy groups -OCH3 is 2. The number of benzene rings is 2. The van der Waals surface area contributed by atoms with Gasteiger partial charge in [0.2, 0.25) is 0 Å². The van der Waals surface area contributed by atoms with Crippen LogP contribution in [0.25, 0.3) is 0 Å². The molecule has 2 amide bonds. The summed E-state index contributed by atoms with van der Waals surface area (Å²) in [7, 11) is 3.31. The molecule has 0 spiro atoms. The summed E-state index contributed by atoms with van der Waals surface area (Å²) >= 11 is 0. The number of amides is 2. The molecule has 0 bridgehead atoms. The third kappa shape index (κ3) is 7.29. The first kappa shape index (κ1) is 24.7. The molecule has 2 aromatic rings. The van der Waals surface area contributed by atoms with Crippen molar-refractivity contribution in [3.8, 4) is 17.2 Å². The monoisotopic (exact) mass is 455 g/mol. The van der Waals surface area contributed by atoms with Crippen molar-refractivity contribution < 1.29 is 19.0 Å². The van der Waals surface area contributed by atoms with Crippen LogP contribution in [0.15, 0.2) is 42.5 Å². The molecule has 0 radical (unpaired) electrons. The normalized spacial score (nSPS) is 14.6. The minimum Gasteiger partial charge on any atom is -0.497 e. The number of nitrogens with zero attached hydrogens (tertiary/aromatic N) is 2. The van der Waals surface area contributed by atoms with Gasteiger partial charge in [-0.1, -0.05) is 32.9 Å². The van der Waals surface area contributed by atoms with Crippen LogP contribution < -0.4 is 19.5 Å². The molecule has 0 saturated carbocycles. The van der Waals surface area contributed by atoms with Crippen LogP contribution in [0.5, 0.6) is 17.2 Å². The number of carbonyl (C=O) groups excluding carboxylic acids is 1. The van der Waals surface area contributed by atoms with Gasteiger partial charge in [0.05, 0.1) is 20.8 Å². The lowest BCUT2D eigenvalue weighted by molar-refractivity contribution is 0.134. The van der Waals surface area contributed by atoms with Crippen molar-refractivity contribution in [1.82, 2.24) is 15.1 Å². The Hall–Kier alpha value is -2.93. The number of rotatable bonds is 8. The molecule has 7 heteroatoms. The van der Waals surface area contributed by atoms with E-state index in [1.165, 1.54) is 5.56 Å². The highest BCUT2D eigenvalue weighted by Gasteiger charge is 2.21. The minimum absolute atomic E-state index is 0.0376. The number of piperazine rings is 1. The first-order valence-corrected chi connectivity index (χ1v) is 11.5. The third-order valence-corrected chi connectivity index (χ3v) is 5.84. The lowest BCUT2D eigenvalue weighted by Gasteiger charge is -2.34. The lowest BCUT2D eigenvalue weighted by atomic mass is 9.87. The van der Waals surface area contributed by atoms with E-state index in [9.17, 15) is 4.79 Å². The smallest absolute Gasteiger partial charge is 0.317 e. The van der Waals surface area contributed by atoms with E-state index in [1.807, 2.05) is 35.2 Å². The summed E-state index contributed by atoms with van der Waals surface area (Å²) in [5, 5.41) is 2.96. The molecule has 1 heterocycles. The molecule has 180 valence electrons. The second-order valence-electron chi connectivity index (χ2n) is 9.34. The van der Waals surface area contributed by atoms with Crippen LogP contribution in [0, 0.1) is 0 Å². The SMILES string of the molecule is COc1cc(CN2CCN(C(=O)NCCOc3ccc(C(C)(C)C)cc3)CC2)cc(OC)c1. The van der Waals surface area contributed by atoms with Crippen LogP contribution in [-0.4, -0.2) is 69.4 Å². The highest BCUT2D eigenvalue weighted by Crippen LogP contribution is 2.25. The number of hydrogen-bond acceptors (Lipinski definition) is 5. The molecule has 0 atom stereocenters. The van der Waals surface area contributed by atoms with Crippen molar-refractivity contribution in [3.63, 3.8) is 0 Å². The molecule has 1 N–H and O–H groups in total. The Kier molecular flexibility index (Phi) is 8.44. The maximum atomic E-state index is 12.5. The van der Waals surface area contributed by atoms with Crippen molar-refractivity contribution in [1.29, 1.82) is 0 Å². The fourth-order valence-electron chi connectivity index (χ4n) is 3.81. The Morgan fingerprint density at radius 3 is 2.06 bits per heavy atom. The van der Waals surface area contributed by atoms with Crippen molar-refractivity contribution >= 4 is 6.03 Å². The van der Waals surface area contributed by atoms with E-state index in [4.69, 9.17) is 14.2 Å². The molecule has 1 fully saturated rings. The first-order chi connectivity index (χ1) is 15.8. The van der Waals surface area contributed by atoms with Crippen molar-refractivity contribution in [3.05, 3.63) is 53.6 Å². The van der Waals surface area contributed by atoms with E-state index in [2.05, 4.69) is 43.1 Å². The molecule has 0 aliphatic carbocycles. The van der Waals surface area contributed by atoms with Gasteiger partial charge in [-0.05, 0) is 40.8 Å². The van der Waals surface area contributed by atoms with Crippen molar-refractivity contribution in [2.45, 2.75) is 32.7 Å². The van der Waals surface area contributed by atoms with Gasteiger partial charge < -0.3 is 24.4 Å².